The van der Waals surface area contributed by atoms with Crippen LogP contribution in [0.15, 0.2) is 23.6 Å². The molecule has 0 amide bonds. The Morgan fingerprint density at radius 3 is 3.00 bits per heavy atom. The normalized spacial score (nSPS) is 10.3. The van der Waals surface area contributed by atoms with Crippen molar-refractivity contribution in [1.29, 1.82) is 0 Å². The molecule has 2 aromatic rings. The van der Waals surface area contributed by atoms with Crippen molar-refractivity contribution < 1.29 is 9.90 Å². The number of carbonyl (C=O) groups is 1. The molecule has 0 saturated heterocycles. The molecule has 2 rings (SSSR count). The molecule has 0 aliphatic heterocycles. The summed E-state index contributed by atoms with van der Waals surface area (Å²) in [5.41, 5.74) is 2.77. The summed E-state index contributed by atoms with van der Waals surface area (Å²) in [7, 11) is 0. The molecule has 0 atom stereocenters. The summed E-state index contributed by atoms with van der Waals surface area (Å²) >= 11 is 3.69. The summed E-state index contributed by atoms with van der Waals surface area (Å²) in [5.74, 6) is -0.864. The summed E-state index contributed by atoms with van der Waals surface area (Å²) in [5, 5.41) is 14.3. The van der Waals surface area contributed by atoms with E-state index in [4.69, 9.17) is 5.11 Å². The van der Waals surface area contributed by atoms with Crippen molar-refractivity contribution in [3.8, 4) is 0 Å². The first-order valence-corrected chi connectivity index (χ1v) is 7.20. The zero-order valence-corrected chi connectivity index (χ0v) is 12.6. The van der Waals surface area contributed by atoms with Gasteiger partial charge in [-0.3, -0.25) is 4.79 Å². The monoisotopic (exact) mass is 374 g/mol. The number of anilines is 2. The molecule has 0 aliphatic carbocycles. The quantitative estimate of drug-likeness (QED) is 0.806. The third-order valence-electron chi connectivity index (χ3n) is 2.31. The van der Waals surface area contributed by atoms with Gasteiger partial charge in [0.05, 0.1) is 12.1 Å². The van der Waals surface area contributed by atoms with E-state index >= 15 is 0 Å². The van der Waals surface area contributed by atoms with Gasteiger partial charge in [-0.2, -0.15) is 0 Å². The van der Waals surface area contributed by atoms with Crippen molar-refractivity contribution in [3.63, 3.8) is 0 Å². The second-order valence-corrected chi connectivity index (χ2v) is 5.82. The number of nitrogens with one attached hydrogen (secondary N) is 1. The van der Waals surface area contributed by atoms with Crippen LogP contribution in [0.1, 0.15) is 11.3 Å². The Morgan fingerprint density at radius 2 is 2.33 bits per heavy atom. The number of thiazole rings is 1. The predicted molar refractivity (Wildman–Crippen MR) is 80.6 cm³/mol. The van der Waals surface area contributed by atoms with Crippen molar-refractivity contribution in [2.24, 2.45) is 0 Å². The van der Waals surface area contributed by atoms with Crippen molar-refractivity contribution >= 4 is 50.7 Å². The fourth-order valence-corrected chi connectivity index (χ4v) is 2.64. The summed E-state index contributed by atoms with van der Waals surface area (Å²) in [6, 6.07) is 6.06. The molecule has 0 aliphatic rings. The van der Waals surface area contributed by atoms with Crippen molar-refractivity contribution in [2.45, 2.75) is 13.3 Å². The number of rotatable bonds is 4. The van der Waals surface area contributed by atoms with Crippen molar-refractivity contribution in [1.82, 2.24) is 4.98 Å². The van der Waals surface area contributed by atoms with Crippen LogP contribution in [0.3, 0.4) is 0 Å². The highest BCUT2D eigenvalue weighted by Crippen LogP contribution is 2.23. The Bertz CT molecular complexity index is 583. The zero-order valence-electron chi connectivity index (χ0n) is 9.61. The number of carboxylic acid groups (broad SMARTS) is 1. The Balaban J connectivity index is 2.11. The molecule has 18 heavy (non-hydrogen) atoms. The van der Waals surface area contributed by atoms with Crippen LogP contribution in [-0.4, -0.2) is 16.1 Å². The van der Waals surface area contributed by atoms with Gasteiger partial charge in [-0.1, -0.05) is 6.07 Å². The molecule has 0 radical (unpaired) electrons. The summed E-state index contributed by atoms with van der Waals surface area (Å²) in [6.45, 7) is 2.06. The van der Waals surface area contributed by atoms with E-state index < -0.39 is 5.97 Å². The van der Waals surface area contributed by atoms with Crippen LogP contribution in [0.4, 0.5) is 10.8 Å². The van der Waals surface area contributed by atoms with Crippen LogP contribution >= 0.6 is 33.9 Å². The van der Waals surface area contributed by atoms with Crippen molar-refractivity contribution in [2.75, 3.05) is 5.32 Å². The van der Waals surface area contributed by atoms with E-state index in [9.17, 15) is 4.79 Å². The Labute approximate surface area is 122 Å². The van der Waals surface area contributed by atoms with E-state index in [2.05, 4.69) is 39.8 Å². The molecule has 4 nitrogen and oxygen atoms in total. The maximum atomic E-state index is 10.6. The van der Waals surface area contributed by atoms with Crippen LogP contribution in [0.2, 0.25) is 0 Å². The second-order valence-electron chi connectivity index (χ2n) is 3.80. The van der Waals surface area contributed by atoms with Crippen LogP contribution in [0.5, 0.6) is 0 Å². The minimum atomic E-state index is -0.864. The molecule has 0 fully saturated rings. The van der Waals surface area contributed by atoms with Gasteiger partial charge in [-0.05, 0) is 47.2 Å². The summed E-state index contributed by atoms with van der Waals surface area (Å²) in [4.78, 5) is 14.8. The largest absolute Gasteiger partial charge is 0.481 e. The lowest BCUT2D eigenvalue weighted by Crippen LogP contribution is -2.00. The van der Waals surface area contributed by atoms with Gasteiger partial charge in [0.25, 0.3) is 0 Å². The first kappa shape index (κ1) is 13.3. The molecule has 6 heteroatoms. The molecule has 0 unspecified atom stereocenters. The van der Waals surface area contributed by atoms with Gasteiger partial charge in [0, 0.05) is 14.6 Å². The number of carboxylic acids is 1. The highest BCUT2D eigenvalue weighted by atomic mass is 127. The maximum Gasteiger partial charge on any atom is 0.309 e. The average Bonchev–Trinajstić information content (AvgIpc) is 2.70. The van der Waals surface area contributed by atoms with E-state index in [1.54, 1.807) is 5.38 Å². The topological polar surface area (TPSA) is 62.2 Å². The number of halogens is 1. The van der Waals surface area contributed by atoms with Gasteiger partial charge < -0.3 is 10.4 Å². The van der Waals surface area contributed by atoms with Gasteiger partial charge in [-0.15, -0.1) is 11.3 Å². The lowest BCUT2D eigenvalue weighted by atomic mass is 10.2. The molecule has 0 spiro atoms. The smallest absolute Gasteiger partial charge is 0.309 e. The van der Waals surface area contributed by atoms with E-state index in [0.717, 1.165) is 5.69 Å². The first-order valence-electron chi connectivity index (χ1n) is 5.24. The fourth-order valence-electron chi connectivity index (χ4n) is 1.39. The lowest BCUT2D eigenvalue weighted by molar-refractivity contribution is -0.136. The highest BCUT2D eigenvalue weighted by Gasteiger charge is 2.06. The number of hydrogen-bond donors (Lipinski definition) is 2. The molecule has 0 bridgehead atoms. The number of benzene rings is 1. The fraction of sp³-hybridized carbons (Fsp3) is 0.167. The molecular weight excluding hydrogens is 363 g/mol. The third kappa shape index (κ3) is 3.42. The van der Waals surface area contributed by atoms with E-state index in [1.165, 1.54) is 20.5 Å². The van der Waals surface area contributed by atoms with Crippen molar-refractivity contribution in [3.05, 3.63) is 38.4 Å². The molecule has 94 valence electrons. The van der Waals surface area contributed by atoms with E-state index in [0.29, 0.717) is 10.8 Å². The Hall–Kier alpha value is -1.15. The zero-order chi connectivity index (χ0) is 13.1. The number of aromatic nitrogens is 1. The van der Waals surface area contributed by atoms with Crippen LogP contribution in [0.25, 0.3) is 0 Å². The van der Waals surface area contributed by atoms with Crippen LogP contribution in [0, 0.1) is 10.5 Å². The first-order chi connectivity index (χ1) is 8.54. The molecule has 2 N–H and O–H groups in total. The highest BCUT2D eigenvalue weighted by molar-refractivity contribution is 14.1. The van der Waals surface area contributed by atoms with E-state index in [-0.39, 0.29) is 6.42 Å². The van der Waals surface area contributed by atoms with Gasteiger partial charge >= 0.3 is 5.97 Å². The minimum absolute atomic E-state index is 0.0381. The SMILES string of the molecule is Cc1ccc(Nc2nc(CC(=O)O)cs2)cc1I. The number of hydrogen-bond acceptors (Lipinski definition) is 4. The molecule has 1 aromatic heterocycles. The van der Waals surface area contributed by atoms with Gasteiger partial charge in [0.15, 0.2) is 5.13 Å². The van der Waals surface area contributed by atoms with Gasteiger partial charge in [0.1, 0.15) is 0 Å². The van der Waals surface area contributed by atoms with Crippen LogP contribution < -0.4 is 5.32 Å². The summed E-state index contributed by atoms with van der Waals surface area (Å²) in [6.07, 6.45) is -0.0381. The van der Waals surface area contributed by atoms with Gasteiger partial charge in [-0.25, -0.2) is 4.98 Å². The Morgan fingerprint density at radius 1 is 1.56 bits per heavy atom. The Kier molecular flexibility index (Phi) is 4.18. The summed E-state index contributed by atoms with van der Waals surface area (Å²) < 4.78 is 1.18. The molecule has 1 heterocycles. The third-order valence-corrected chi connectivity index (χ3v) is 4.28. The molecular formula is C12H11IN2O2S. The van der Waals surface area contributed by atoms with E-state index in [1.807, 2.05) is 18.2 Å². The average molecular weight is 374 g/mol. The number of aliphatic carboxylic acids is 1. The van der Waals surface area contributed by atoms with Crippen LogP contribution in [-0.2, 0) is 11.2 Å². The standard InChI is InChI=1S/C12H11IN2O2S/c1-7-2-3-8(4-10(7)13)14-12-15-9(6-18-12)5-11(16)17/h2-4,6H,5H2,1H3,(H,14,15)(H,16,17). The maximum absolute atomic E-state index is 10.6. The molecule has 1 aromatic carbocycles. The number of nitrogens with zero attached hydrogens (tertiary/aromatic N) is 1. The number of aryl methyl sites for hydroxylation is 1. The van der Waals surface area contributed by atoms with Gasteiger partial charge in [0.2, 0.25) is 0 Å². The predicted octanol–water partition coefficient (Wildman–Crippen LogP) is 3.43. The molecule has 0 saturated carbocycles. The minimum Gasteiger partial charge on any atom is -0.481 e. The lowest BCUT2D eigenvalue weighted by Gasteiger charge is -2.04. The second kappa shape index (κ2) is 5.66.